The molecule has 0 unspecified atom stereocenters. The van der Waals surface area contributed by atoms with Crippen LogP contribution in [0.4, 0.5) is 0 Å². The van der Waals surface area contributed by atoms with Crippen LogP contribution in [0, 0.1) is 0 Å². The molecule has 0 aromatic heterocycles. The molecule has 2 rings (SSSR count). The third-order valence-corrected chi connectivity index (χ3v) is 4.72. The average Bonchev–Trinajstić information content (AvgIpc) is 2.82. The SMILES string of the molecule is CCCN1C(=O)/C(=C/c2cc(OC)c(OC)cc2OC)SC1=S. The number of methoxy groups -OCH3 is 3. The summed E-state index contributed by atoms with van der Waals surface area (Å²) in [5, 5.41) is 0. The second-order valence-electron chi connectivity index (χ2n) is 4.78. The van der Waals surface area contributed by atoms with Gasteiger partial charge < -0.3 is 14.2 Å². The van der Waals surface area contributed by atoms with Crippen LogP contribution in [0.25, 0.3) is 6.08 Å². The van der Waals surface area contributed by atoms with Gasteiger partial charge in [-0.2, -0.15) is 0 Å². The fourth-order valence-corrected chi connectivity index (χ4v) is 3.52. The van der Waals surface area contributed by atoms with Crippen molar-refractivity contribution in [3.05, 3.63) is 22.6 Å². The maximum atomic E-state index is 12.4. The van der Waals surface area contributed by atoms with E-state index in [1.54, 1.807) is 44.4 Å². The van der Waals surface area contributed by atoms with Crippen molar-refractivity contribution in [2.75, 3.05) is 27.9 Å². The second-order valence-corrected chi connectivity index (χ2v) is 6.46. The zero-order valence-corrected chi connectivity index (χ0v) is 15.2. The summed E-state index contributed by atoms with van der Waals surface area (Å²) in [6.07, 6.45) is 2.63. The zero-order valence-electron chi connectivity index (χ0n) is 13.5. The third-order valence-electron chi connectivity index (χ3n) is 3.34. The van der Waals surface area contributed by atoms with Crippen LogP contribution >= 0.6 is 24.0 Å². The first-order valence-corrected chi connectivity index (χ1v) is 8.33. The Hall–Kier alpha value is -1.73. The van der Waals surface area contributed by atoms with E-state index in [4.69, 9.17) is 26.4 Å². The second kappa shape index (κ2) is 7.70. The van der Waals surface area contributed by atoms with Crippen LogP contribution in [0.2, 0.25) is 0 Å². The van der Waals surface area contributed by atoms with Crippen LogP contribution in [-0.4, -0.2) is 43.0 Å². The molecular weight excluding hydrogens is 334 g/mol. The Kier molecular flexibility index (Phi) is 5.90. The van der Waals surface area contributed by atoms with E-state index in [2.05, 4.69) is 0 Å². The van der Waals surface area contributed by atoms with Gasteiger partial charge in [-0.25, -0.2) is 0 Å². The highest BCUT2D eigenvalue weighted by molar-refractivity contribution is 8.26. The van der Waals surface area contributed by atoms with Crippen LogP contribution in [0.3, 0.4) is 0 Å². The van der Waals surface area contributed by atoms with Crippen molar-refractivity contribution in [3.63, 3.8) is 0 Å². The standard InChI is InChI=1S/C16H19NO4S2/c1-5-6-17-15(18)14(23-16(17)22)8-10-7-12(20-3)13(21-4)9-11(10)19-2/h7-9H,5-6H2,1-4H3/b14-8-. The lowest BCUT2D eigenvalue weighted by Gasteiger charge is -2.13. The highest BCUT2D eigenvalue weighted by Crippen LogP contribution is 2.38. The number of benzene rings is 1. The average molecular weight is 353 g/mol. The lowest BCUT2D eigenvalue weighted by molar-refractivity contribution is -0.122. The number of amides is 1. The van der Waals surface area contributed by atoms with Gasteiger partial charge in [-0.1, -0.05) is 30.9 Å². The van der Waals surface area contributed by atoms with Gasteiger partial charge in [0.25, 0.3) is 5.91 Å². The number of carbonyl (C=O) groups is 1. The number of nitrogens with zero attached hydrogens (tertiary/aromatic N) is 1. The molecule has 0 N–H and O–H groups in total. The summed E-state index contributed by atoms with van der Waals surface area (Å²) in [4.78, 5) is 14.6. The van der Waals surface area contributed by atoms with Gasteiger partial charge in [0.1, 0.15) is 10.1 Å². The van der Waals surface area contributed by atoms with E-state index in [0.29, 0.717) is 33.0 Å². The summed E-state index contributed by atoms with van der Waals surface area (Å²) >= 11 is 6.58. The number of thioether (sulfide) groups is 1. The largest absolute Gasteiger partial charge is 0.496 e. The van der Waals surface area contributed by atoms with Gasteiger partial charge in [0.05, 0.1) is 26.2 Å². The minimum absolute atomic E-state index is 0.0707. The van der Waals surface area contributed by atoms with Crippen LogP contribution in [0.15, 0.2) is 17.0 Å². The van der Waals surface area contributed by atoms with Gasteiger partial charge in [-0.05, 0) is 18.6 Å². The van der Waals surface area contributed by atoms with Gasteiger partial charge in [-0.15, -0.1) is 0 Å². The minimum Gasteiger partial charge on any atom is -0.496 e. The van der Waals surface area contributed by atoms with E-state index in [-0.39, 0.29) is 5.91 Å². The van der Waals surface area contributed by atoms with Crippen LogP contribution in [-0.2, 0) is 4.79 Å². The molecule has 1 heterocycles. The predicted molar refractivity (Wildman–Crippen MR) is 96.3 cm³/mol. The topological polar surface area (TPSA) is 48.0 Å². The number of hydrogen-bond donors (Lipinski definition) is 0. The van der Waals surface area contributed by atoms with E-state index in [1.165, 1.54) is 11.8 Å². The quantitative estimate of drug-likeness (QED) is 0.578. The summed E-state index contributed by atoms with van der Waals surface area (Å²) in [7, 11) is 4.70. The van der Waals surface area contributed by atoms with Gasteiger partial charge in [-0.3, -0.25) is 9.69 Å². The molecule has 1 saturated heterocycles. The zero-order chi connectivity index (χ0) is 17.0. The van der Waals surface area contributed by atoms with Crippen molar-refractivity contribution >= 4 is 40.3 Å². The number of rotatable bonds is 6. The first kappa shape index (κ1) is 17.6. The maximum Gasteiger partial charge on any atom is 0.266 e. The molecule has 0 radical (unpaired) electrons. The highest BCUT2D eigenvalue weighted by atomic mass is 32.2. The molecule has 1 aliphatic rings. The number of carbonyl (C=O) groups excluding carboxylic acids is 1. The summed E-state index contributed by atoms with van der Waals surface area (Å²) in [5.41, 5.74) is 0.738. The number of hydrogen-bond acceptors (Lipinski definition) is 6. The lowest BCUT2D eigenvalue weighted by Crippen LogP contribution is -2.28. The first-order chi connectivity index (χ1) is 11.0. The minimum atomic E-state index is -0.0707. The van der Waals surface area contributed by atoms with E-state index in [0.717, 1.165) is 12.0 Å². The van der Waals surface area contributed by atoms with Crippen LogP contribution in [0.5, 0.6) is 17.2 Å². The molecule has 1 fully saturated rings. The van der Waals surface area contributed by atoms with Gasteiger partial charge >= 0.3 is 0 Å². The molecule has 1 aromatic rings. The molecule has 23 heavy (non-hydrogen) atoms. The molecule has 0 atom stereocenters. The van der Waals surface area contributed by atoms with Crippen molar-refractivity contribution in [2.45, 2.75) is 13.3 Å². The molecule has 5 nitrogen and oxygen atoms in total. The number of thiocarbonyl (C=S) groups is 1. The Morgan fingerprint density at radius 2 is 1.74 bits per heavy atom. The van der Waals surface area contributed by atoms with Crippen LogP contribution in [0.1, 0.15) is 18.9 Å². The summed E-state index contributed by atoms with van der Waals surface area (Å²) in [6, 6.07) is 3.52. The first-order valence-electron chi connectivity index (χ1n) is 7.11. The number of ether oxygens (including phenoxy) is 3. The van der Waals surface area contributed by atoms with Crippen LogP contribution < -0.4 is 14.2 Å². The van der Waals surface area contributed by atoms with Gasteiger partial charge in [0.15, 0.2) is 11.5 Å². The normalized spacial score (nSPS) is 16.2. The third kappa shape index (κ3) is 3.61. The smallest absolute Gasteiger partial charge is 0.266 e. The molecule has 0 spiro atoms. The van der Waals surface area contributed by atoms with Crippen molar-refractivity contribution in [1.29, 1.82) is 0 Å². The molecule has 1 aliphatic heterocycles. The fourth-order valence-electron chi connectivity index (χ4n) is 2.22. The maximum absolute atomic E-state index is 12.4. The molecule has 124 valence electrons. The van der Waals surface area contributed by atoms with Gasteiger partial charge in [0.2, 0.25) is 0 Å². The van der Waals surface area contributed by atoms with E-state index < -0.39 is 0 Å². The van der Waals surface area contributed by atoms with Gasteiger partial charge in [0, 0.05) is 18.2 Å². The van der Waals surface area contributed by atoms with E-state index in [1.807, 2.05) is 6.92 Å². The molecule has 0 bridgehead atoms. The molecule has 7 heteroatoms. The predicted octanol–water partition coefficient (Wildman–Crippen LogP) is 3.32. The summed E-state index contributed by atoms with van der Waals surface area (Å²) in [5.74, 6) is 1.67. The van der Waals surface area contributed by atoms with E-state index in [9.17, 15) is 4.79 Å². The molecular formula is C16H19NO4S2. The molecule has 0 saturated carbocycles. The molecule has 0 aliphatic carbocycles. The van der Waals surface area contributed by atoms with Crippen molar-refractivity contribution in [2.24, 2.45) is 0 Å². The summed E-state index contributed by atoms with van der Waals surface area (Å²) < 4.78 is 16.5. The van der Waals surface area contributed by atoms with Crippen molar-refractivity contribution in [3.8, 4) is 17.2 Å². The fraction of sp³-hybridized carbons (Fsp3) is 0.375. The Morgan fingerprint density at radius 1 is 1.13 bits per heavy atom. The monoisotopic (exact) mass is 353 g/mol. The Balaban J connectivity index is 2.42. The Labute approximate surface area is 145 Å². The highest BCUT2D eigenvalue weighted by Gasteiger charge is 2.31. The van der Waals surface area contributed by atoms with Crippen molar-refractivity contribution < 1.29 is 19.0 Å². The Bertz CT molecular complexity index is 658. The Morgan fingerprint density at radius 3 is 2.30 bits per heavy atom. The lowest BCUT2D eigenvalue weighted by atomic mass is 10.1. The van der Waals surface area contributed by atoms with E-state index >= 15 is 0 Å². The summed E-state index contributed by atoms with van der Waals surface area (Å²) in [6.45, 7) is 2.64. The molecule has 1 amide bonds. The van der Waals surface area contributed by atoms with Crippen molar-refractivity contribution in [1.82, 2.24) is 4.90 Å². The molecule has 1 aromatic carbocycles.